The summed E-state index contributed by atoms with van der Waals surface area (Å²) in [5.74, 6) is 0.399. The molecule has 1 aliphatic heterocycles. The number of carbonyl (C=O) groups is 2. The molecule has 0 radical (unpaired) electrons. The number of hydrogen-bond acceptors (Lipinski definition) is 3. The van der Waals surface area contributed by atoms with E-state index in [2.05, 4.69) is 5.32 Å². The van der Waals surface area contributed by atoms with Crippen LogP contribution in [-0.2, 0) is 15.2 Å². The van der Waals surface area contributed by atoms with Crippen LogP contribution in [0.5, 0.6) is 0 Å². The van der Waals surface area contributed by atoms with E-state index in [-0.39, 0.29) is 17.7 Å². The van der Waals surface area contributed by atoms with Crippen LogP contribution in [0.15, 0.2) is 24.3 Å². The van der Waals surface area contributed by atoms with Crippen molar-refractivity contribution in [2.24, 2.45) is 17.3 Å². The van der Waals surface area contributed by atoms with Gasteiger partial charge in [0.05, 0.1) is 5.60 Å². The number of piperidine rings is 1. The van der Waals surface area contributed by atoms with Crippen LogP contribution in [0.3, 0.4) is 0 Å². The first kappa shape index (κ1) is 22.1. The summed E-state index contributed by atoms with van der Waals surface area (Å²) in [5.41, 5.74) is -0.775. The fraction of sp³-hybridized carbons (Fsp3) is 0.652. The maximum Gasteiger partial charge on any atom is 0.245 e. The molecular formula is C23H33ClN2O3. The minimum Gasteiger partial charge on any atom is -0.384 e. The van der Waals surface area contributed by atoms with Gasteiger partial charge in [-0.3, -0.25) is 9.59 Å². The minimum atomic E-state index is -1.04. The van der Waals surface area contributed by atoms with E-state index in [1.807, 2.05) is 39.8 Å². The lowest BCUT2D eigenvalue weighted by Crippen LogP contribution is -2.60. The largest absolute Gasteiger partial charge is 0.384 e. The van der Waals surface area contributed by atoms with E-state index in [0.717, 1.165) is 18.4 Å². The van der Waals surface area contributed by atoms with Crippen molar-refractivity contribution in [2.75, 3.05) is 13.1 Å². The quantitative estimate of drug-likeness (QED) is 0.736. The van der Waals surface area contributed by atoms with Crippen molar-refractivity contribution in [1.82, 2.24) is 10.2 Å². The molecule has 2 aliphatic rings. The zero-order chi connectivity index (χ0) is 21.4. The summed E-state index contributed by atoms with van der Waals surface area (Å²) in [6, 6.07) is 6.76. The van der Waals surface area contributed by atoms with E-state index < -0.39 is 17.1 Å². The minimum absolute atomic E-state index is 0.00541. The molecule has 1 heterocycles. The number of benzene rings is 1. The molecule has 0 bridgehead atoms. The molecule has 0 spiro atoms. The first-order valence-corrected chi connectivity index (χ1v) is 11.0. The predicted molar refractivity (Wildman–Crippen MR) is 114 cm³/mol. The molecule has 2 atom stereocenters. The maximum atomic E-state index is 13.3. The third-order valence-electron chi connectivity index (χ3n) is 6.50. The Hall–Kier alpha value is -1.59. The van der Waals surface area contributed by atoms with Gasteiger partial charge in [-0.05, 0) is 48.8 Å². The van der Waals surface area contributed by atoms with Gasteiger partial charge in [0.1, 0.15) is 6.04 Å². The van der Waals surface area contributed by atoms with Crippen molar-refractivity contribution in [1.29, 1.82) is 0 Å². The van der Waals surface area contributed by atoms with Gasteiger partial charge in [-0.2, -0.15) is 0 Å². The second-order valence-corrected chi connectivity index (χ2v) is 10.1. The molecule has 5 nitrogen and oxygen atoms in total. The van der Waals surface area contributed by atoms with Gasteiger partial charge in [0, 0.05) is 29.9 Å². The zero-order valence-electron chi connectivity index (χ0n) is 17.9. The van der Waals surface area contributed by atoms with E-state index in [1.54, 1.807) is 17.0 Å². The van der Waals surface area contributed by atoms with E-state index in [9.17, 15) is 14.7 Å². The van der Waals surface area contributed by atoms with Crippen LogP contribution >= 0.6 is 11.6 Å². The highest BCUT2D eigenvalue weighted by Crippen LogP contribution is 2.46. The molecule has 6 heteroatoms. The fourth-order valence-corrected chi connectivity index (χ4v) is 4.42. The molecule has 1 aliphatic carbocycles. The van der Waals surface area contributed by atoms with Gasteiger partial charge in [-0.25, -0.2) is 0 Å². The van der Waals surface area contributed by atoms with Crippen molar-refractivity contribution >= 4 is 23.4 Å². The number of amides is 2. The normalized spacial score (nSPS) is 25.0. The average Bonchev–Trinajstić information content (AvgIpc) is 3.45. The Morgan fingerprint density at radius 2 is 1.86 bits per heavy atom. The number of likely N-dealkylation sites (tertiary alicyclic amines) is 1. The molecule has 1 aromatic carbocycles. The molecule has 1 aromatic rings. The highest BCUT2D eigenvalue weighted by Gasteiger charge is 2.50. The van der Waals surface area contributed by atoms with Crippen LogP contribution < -0.4 is 5.32 Å². The number of rotatable bonds is 6. The first-order chi connectivity index (χ1) is 13.5. The SMILES string of the molecule is CC(C)[C@@H](NC(=O)CC1CC1)C(=O)N1CC[C@](O)(c2ccc(Cl)cc2)C(C)(C)C1. The summed E-state index contributed by atoms with van der Waals surface area (Å²) < 4.78 is 0. The van der Waals surface area contributed by atoms with Gasteiger partial charge < -0.3 is 15.3 Å². The van der Waals surface area contributed by atoms with Crippen molar-refractivity contribution < 1.29 is 14.7 Å². The van der Waals surface area contributed by atoms with Crippen LogP contribution in [0, 0.1) is 17.3 Å². The fourth-order valence-electron chi connectivity index (χ4n) is 4.30. The molecule has 1 saturated carbocycles. The Balaban J connectivity index is 1.72. The second kappa shape index (κ2) is 8.27. The molecule has 3 rings (SSSR count). The summed E-state index contributed by atoms with van der Waals surface area (Å²) in [4.78, 5) is 27.4. The van der Waals surface area contributed by atoms with Crippen molar-refractivity contribution in [2.45, 2.75) is 65.0 Å². The molecule has 29 heavy (non-hydrogen) atoms. The van der Waals surface area contributed by atoms with Crippen molar-refractivity contribution in [3.05, 3.63) is 34.9 Å². The Labute approximate surface area is 178 Å². The average molecular weight is 421 g/mol. The topological polar surface area (TPSA) is 69.6 Å². The Bertz CT molecular complexity index is 758. The van der Waals surface area contributed by atoms with Crippen LogP contribution in [0.25, 0.3) is 0 Å². The highest BCUT2D eigenvalue weighted by molar-refractivity contribution is 6.30. The zero-order valence-corrected chi connectivity index (χ0v) is 18.6. The van der Waals surface area contributed by atoms with Crippen LogP contribution in [0.4, 0.5) is 0 Å². The summed E-state index contributed by atoms with van der Waals surface area (Å²) in [6.07, 6.45) is 3.17. The molecule has 0 aromatic heterocycles. The lowest BCUT2D eigenvalue weighted by molar-refractivity contribution is -0.156. The number of nitrogens with one attached hydrogen (secondary N) is 1. The van der Waals surface area contributed by atoms with Crippen molar-refractivity contribution in [3.8, 4) is 0 Å². The van der Waals surface area contributed by atoms with Gasteiger partial charge in [-0.1, -0.05) is 51.4 Å². The summed E-state index contributed by atoms with van der Waals surface area (Å²) in [7, 11) is 0. The van der Waals surface area contributed by atoms with Gasteiger partial charge in [0.15, 0.2) is 0 Å². The van der Waals surface area contributed by atoms with E-state index >= 15 is 0 Å². The van der Waals surface area contributed by atoms with E-state index in [4.69, 9.17) is 11.6 Å². The van der Waals surface area contributed by atoms with Crippen molar-refractivity contribution in [3.63, 3.8) is 0 Å². The summed E-state index contributed by atoms with van der Waals surface area (Å²) in [6.45, 7) is 8.75. The monoisotopic (exact) mass is 420 g/mol. The lowest BCUT2D eigenvalue weighted by Gasteiger charge is -2.51. The maximum absolute atomic E-state index is 13.3. The number of nitrogens with zero attached hydrogens (tertiary/aromatic N) is 1. The third kappa shape index (κ3) is 4.77. The predicted octanol–water partition coefficient (Wildman–Crippen LogP) is 3.73. The number of hydrogen-bond donors (Lipinski definition) is 2. The van der Waals surface area contributed by atoms with E-state index in [1.165, 1.54) is 0 Å². The van der Waals surface area contributed by atoms with Crippen LogP contribution in [0.1, 0.15) is 58.9 Å². The second-order valence-electron chi connectivity index (χ2n) is 9.70. The third-order valence-corrected chi connectivity index (χ3v) is 6.75. The Morgan fingerprint density at radius 3 is 2.38 bits per heavy atom. The highest BCUT2D eigenvalue weighted by atomic mass is 35.5. The van der Waals surface area contributed by atoms with Crippen LogP contribution in [0.2, 0.25) is 5.02 Å². The van der Waals surface area contributed by atoms with Crippen LogP contribution in [-0.4, -0.2) is 41.0 Å². The molecular weight excluding hydrogens is 388 g/mol. The molecule has 160 valence electrons. The number of carbonyl (C=O) groups excluding carboxylic acids is 2. The lowest BCUT2D eigenvalue weighted by atomic mass is 9.66. The molecule has 0 unspecified atom stereocenters. The van der Waals surface area contributed by atoms with Gasteiger partial charge in [0.2, 0.25) is 11.8 Å². The number of aliphatic hydroxyl groups is 1. The Morgan fingerprint density at radius 1 is 1.24 bits per heavy atom. The standard InChI is InChI=1S/C23H33ClN2O3/c1-15(2)20(25-19(27)13-16-5-6-16)21(28)26-12-11-23(29,22(3,4)14-26)17-7-9-18(24)10-8-17/h7-10,15-16,20,29H,5-6,11-14H2,1-4H3,(H,25,27)/t20-,23+/m1/s1. The first-order valence-electron chi connectivity index (χ1n) is 10.6. The summed E-state index contributed by atoms with van der Waals surface area (Å²) in [5, 5.41) is 15.1. The summed E-state index contributed by atoms with van der Waals surface area (Å²) >= 11 is 6.00. The van der Waals surface area contributed by atoms with Gasteiger partial charge in [0.25, 0.3) is 0 Å². The smallest absolute Gasteiger partial charge is 0.245 e. The Kier molecular flexibility index (Phi) is 6.30. The van der Waals surface area contributed by atoms with Gasteiger partial charge in [-0.15, -0.1) is 0 Å². The molecule has 2 N–H and O–H groups in total. The molecule has 2 fully saturated rings. The number of halogens is 1. The van der Waals surface area contributed by atoms with E-state index in [0.29, 0.717) is 36.9 Å². The molecule has 1 saturated heterocycles. The van der Waals surface area contributed by atoms with Gasteiger partial charge >= 0.3 is 0 Å². The molecule has 2 amide bonds.